The van der Waals surface area contributed by atoms with Crippen LogP contribution in [-0.4, -0.2) is 24.6 Å². The summed E-state index contributed by atoms with van der Waals surface area (Å²) in [6.07, 6.45) is 2.97. The fraction of sp³-hybridized carbons (Fsp3) is 0.125. The van der Waals surface area contributed by atoms with Crippen molar-refractivity contribution in [2.45, 2.75) is 11.8 Å². The maximum absolute atomic E-state index is 11.5. The van der Waals surface area contributed by atoms with Crippen LogP contribution in [0.25, 0.3) is 22.0 Å². The summed E-state index contributed by atoms with van der Waals surface area (Å²) < 4.78 is 23.0. The van der Waals surface area contributed by atoms with E-state index < -0.39 is 9.84 Å². The van der Waals surface area contributed by atoms with Gasteiger partial charge in [-0.3, -0.25) is 4.98 Å². The molecule has 3 aromatic rings. The summed E-state index contributed by atoms with van der Waals surface area (Å²) in [5.74, 6) is 0. The average Bonchev–Trinajstić information content (AvgIpc) is 2.96. The number of sulfone groups is 1. The largest absolute Gasteiger partial charge is 0.255 e. The second-order valence-corrected chi connectivity index (χ2v) is 7.93. The first-order chi connectivity index (χ1) is 10.4. The number of hydrogen-bond donors (Lipinski definition) is 0. The van der Waals surface area contributed by atoms with E-state index in [-0.39, 0.29) is 0 Å². The molecule has 4 nitrogen and oxygen atoms in total. The van der Waals surface area contributed by atoms with Crippen molar-refractivity contribution in [2.75, 3.05) is 6.26 Å². The standard InChI is InChI=1S/C16H14N2O2S2/c1-11-7-8-17-14(9-11)15-10-21-16(18-15)12-3-5-13(6-4-12)22(2,19)20/h3-10H,1-2H3. The van der Waals surface area contributed by atoms with Gasteiger partial charge in [-0.1, -0.05) is 12.1 Å². The molecule has 2 aromatic heterocycles. The first-order valence-electron chi connectivity index (χ1n) is 6.62. The molecule has 0 saturated heterocycles. The normalized spacial score (nSPS) is 11.5. The zero-order chi connectivity index (χ0) is 15.7. The van der Waals surface area contributed by atoms with Crippen molar-refractivity contribution in [1.82, 2.24) is 9.97 Å². The highest BCUT2D eigenvalue weighted by Gasteiger charge is 2.10. The van der Waals surface area contributed by atoms with E-state index >= 15 is 0 Å². The molecule has 0 aliphatic rings. The molecule has 0 saturated carbocycles. The van der Waals surface area contributed by atoms with Crippen LogP contribution < -0.4 is 0 Å². The summed E-state index contributed by atoms with van der Waals surface area (Å²) >= 11 is 1.52. The lowest BCUT2D eigenvalue weighted by Gasteiger charge is -2.00. The van der Waals surface area contributed by atoms with Crippen LogP contribution in [0.3, 0.4) is 0 Å². The van der Waals surface area contributed by atoms with E-state index in [4.69, 9.17) is 0 Å². The predicted molar refractivity (Wildman–Crippen MR) is 88.6 cm³/mol. The molecule has 0 bridgehead atoms. The molecule has 0 fully saturated rings. The van der Waals surface area contributed by atoms with Crippen LogP contribution in [0.5, 0.6) is 0 Å². The quantitative estimate of drug-likeness (QED) is 0.736. The van der Waals surface area contributed by atoms with Crippen LogP contribution in [0.4, 0.5) is 0 Å². The smallest absolute Gasteiger partial charge is 0.175 e. The van der Waals surface area contributed by atoms with Crippen molar-refractivity contribution in [2.24, 2.45) is 0 Å². The van der Waals surface area contributed by atoms with Gasteiger partial charge in [-0.15, -0.1) is 11.3 Å². The second kappa shape index (κ2) is 5.62. The monoisotopic (exact) mass is 330 g/mol. The predicted octanol–water partition coefficient (Wildman–Crippen LogP) is 3.58. The van der Waals surface area contributed by atoms with Gasteiger partial charge in [0.05, 0.1) is 10.6 Å². The Bertz CT molecular complexity index is 913. The molecule has 0 aliphatic carbocycles. The summed E-state index contributed by atoms with van der Waals surface area (Å²) in [6, 6.07) is 10.7. The van der Waals surface area contributed by atoms with Gasteiger partial charge in [0.25, 0.3) is 0 Å². The van der Waals surface area contributed by atoms with E-state index in [1.54, 1.807) is 30.5 Å². The van der Waals surface area contributed by atoms with Gasteiger partial charge in [0.1, 0.15) is 10.7 Å². The van der Waals surface area contributed by atoms with Gasteiger partial charge in [0, 0.05) is 23.4 Å². The topological polar surface area (TPSA) is 59.9 Å². The van der Waals surface area contributed by atoms with Crippen LogP contribution in [0, 0.1) is 6.92 Å². The zero-order valence-electron chi connectivity index (χ0n) is 12.1. The van der Waals surface area contributed by atoms with Crippen molar-refractivity contribution in [3.05, 3.63) is 53.5 Å². The van der Waals surface area contributed by atoms with Gasteiger partial charge in [-0.05, 0) is 36.8 Å². The van der Waals surface area contributed by atoms with E-state index in [1.165, 1.54) is 17.6 Å². The fourth-order valence-corrected chi connectivity index (χ4v) is 3.50. The minimum absolute atomic E-state index is 0.313. The van der Waals surface area contributed by atoms with Crippen molar-refractivity contribution >= 4 is 21.2 Å². The number of hydrogen-bond acceptors (Lipinski definition) is 5. The summed E-state index contributed by atoms with van der Waals surface area (Å²) in [6.45, 7) is 2.02. The lowest BCUT2D eigenvalue weighted by Crippen LogP contribution is -1.96. The Labute approximate surface area is 133 Å². The summed E-state index contributed by atoms with van der Waals surface area (Å²) in [4.78, 5) is 9.23. The Morgan fingerprint density at radius 3 is 2.41 bits per heavy atom. The Kier molecular flexibility index (Phi) is 3.80. The van der Waals surface area contributed by atoms with Crippen LogP contribution in [0.15, 0.2) is 52.9 Å². The lowest BCUT2D eigenvalue weighted by atomic mass is 10.2. The number of aromatic nitrogens is 2. The first-order valence-corrected chi connectivity index (χ1v) is 9.40. The highest BCUT2D eigenvalue weighted by molar-refractivity contribution is 7.90. The molecule has 3 rings (SSSR count). The molecule has 0 N–H and O–H groups in total. The minimum Gasteiger partial charge on any atom is -0.255 e. The summed E-state index contributed by atoms with van der Waals surface area (Å²) in [5.41, 5.74) is 3.71. The van der Waals surface area contributed by atoms with Crippen LogP contribution in [0.2, 0.25) is 0 Å². The van der Waals surface area contributed by atoms with E-state index in [2.05, 4.69) is 9.97 Å². The number of rotatable bonds is 3. The van der Waals surface area contributed by atoms with Crippen molar-refractivity contribution in [3.63, 3.8) is 0 Å². The van der Waals surface area contributed by atoms with Gasteiger partial charge in [-0.25, -0.2) is 13.4 Å². The molecular formula is C16H14N2O2S2. The van der Waals surface area contributed by atoms with Crippen molar-refractivity contribution in [3.8, 4) is 22.0 Å². The SMILES string of the molecule is Cc1ccnc(-c2csc(-c3ccc(S(C)(=O)=O)cc3)n2)c1. The Balaban J connectivity index is 1.94. The van der Waals surface area contributed by atoms with E-state index in [1.807, 2.05) is 24.4 Å². The molecule has 0 unspecified atom stereocenters. The summed E-state index contributed by atoms with van der Waals surface area (Å²) in [5, 5.41) is 2.81. The molecule has 0 spiro atoms. The third-order valence-corrected chi connectivity index (χ3v) is 5.23. The van der Waals surface area contributed by atoms with Crippen LogP contribution >= 0.6 is 11.3 Å². The fourth-order valence-electron chi connectivity index (χ4n) is 2.04. The van der Waals surface area contributed by atoms with Gasteiger partial charge in [0.2, 0.25) is 0 Å². The van der Waals surface area contributed by atoms with Crippen molar-refractivity contribution in [1.29, 1.82) is 0 Å². The van der Waals surface area contributed by atoms with Gasteiger partial charge >= 0.3 is 0 Å². The third-order valence-electron chi connectivity index (χ3n) is 3.21. The first kappa shape index (κ1) is 14.9. The molecule has 0 amide bonds. The Morgan fingerprint density at radius 1 is 1.05 bits per heavy atom. The van der Waals surface area contributed by atoms with E-state index in [9.17, 15) is 8.42 Å². The zero-order valence-corrected chi connectivity index (χ0v) is 13.8. The van der Waals surface area contributed by atoms with Crippen LogP contribution in [-0.2, 0) is 9.84 Å². The highest BCUT2D eigenvalue weighted by Crippen LogP contribution is 2.28. The third kappa shape index (κ3) is 3.08. The minimum atomic E-state index is -3.17. The molecule has 0 radical (unpaired) electrons. The number of aryl methyl sites for hydroxylation is 1. The Morgan fingerprint density at radius 2 is 1.77 bits per heavy atom. The van der Waals surface area contributed by atoms with Gasteiger partial charge < -0.3 is 0 Å². The number of thiazole rings is 1. The van der Waals surface area contributed by atoms with Gasteiger partial charge in [0.15, 0.2) is 9.84 Å². The molecular weight excluding hydrogens is 316 g/mol. The molecule has 0 aliphatic heterocycles. The number of pyridine rings is 1. The molecule has 22 heavy (non-hydrogen) atoms. The molecule has 6 heteroatoms. The van der Waals surface area contributed by atoms with Crippen LogP contribution in [0.1, 0.15) is 5.56 Å². The van der Waals surface area contributed by atoms with Gasteiger partial charge in [-0.2, -0.15) is 0 Å². The van der Waals surface area contributed by atoms with E-state index in [0.717, 1.165) is 27.5 Å². The maximum Gasteiger partial charge on any atom is 0.175 e. The lowest BCUT2D eigenvalue weighted by molar-refractivity contribution is 0.602. The van der Waals surface area contributed by atoms with E-state index in [0.29, 0.717) is 4.90 Å². The number of nitrogens with zero attached hydrogens (tertiary/aromatic N) is 2. The molecule has 2 heterocycles. The van der Waals surface area contributed by atoms with Crippen molar-refractivity contribution < 1.29 is 8.42 Å². The Hall–Kier alpha value is -2.05. The highest BCUT2D eigenvalue weighted by atomic mass is 32.2. The number of benzene rings is 1. The molecule has 1 aromatic carbocycles. The summed E-state index contributed by atoms with van der Waals surface area (Å²) in [7, 11) is -3.17. The molecule has 0 atom stereocenters. The molecule has 112 valence electrons. The second-order valence-electron chi connectivity index (χ2n) is 5.05. The maximum atomic E-state index is 11.5. The average molecular weight is 330 g/mol.